The van der Waals surface area contributed by atoms with Gasteiger partial charge in [0.25, 0.3) is 5.91 Å². The number of carbonyl (C=O) groups excluding carboxylic acids is 1. The van der Waals surface area contributed by atoms with Crippen molar-refractivity contribution in [1.29, 1.82) is 0 Å². The maximum absolute atomic E-state index is 11.9. The van der Waals surface area contributed by atoms with Gasteiger partial charge in [-0.05, 0) is 37.6 Å². The van der Waals surface area contributed by atoms with Crippen LogP contribution in [-0.2, 0) is 0 Å². The summed E-state index contributed by atoms with van der Waals surface area (Å²) in [5, 5.41) is 2.90. The summed E-state index contributed by atoms with van der Waals surface area (Å²) in [5.74, 6) is -0.0660. The van der Waals surface area contributed by atoms with Gasteiger partial charge in [-0.2, -0.15) is 0 Å². The van der Waals surface area contributed by atoms with E-state index >= 15 is 0 Å². The van der Waals surface area contributed by atoms with Crippen LogP contribution < -0.4 is 11.1 Å². The fourth-order valence-electron chi connectivity index (χ4n) is 1.93. The fourth-order valence-corrected chi connectivity index (χ4v) is 1.93. The Bertz CT molecular complexity index is 536. The van der Waals surface area contributed by atoms with Crippen LogP contribution in [0.15, 0.2) is 29.0 Å². The van der Waals surface area contributed by atoms with E-state index in [2.05, 4.69) is 10.3 Å². The molecule has 1 aromatic carbocycles. The molecule has 0 fully saturated rings. The van der Waals surface area contributed by atoms with Gasteiger partial charge in [-0.25, -0.2) is 4.98 Å². The van der Waals surface area contributed by atoms with Crippen LogP contribution in [0.1, 0.15) is 36.0 Å². The topological polar surface area (TPSA) is 81.1 Å². The first-order valence-corrected chi connectivity index (χ1v) is 6.63. The molecular formula is C14H19N3O2. The highest BCUT2D eigenvalue weighted by atomic mass is 16.3. The number of oxazole rings is 1. The van der Waals surface area contributed by atoms with Crippen molar-refractivity contribution in [3.8, 4) is 0 Å². The number of carbonyl (C=O) groups is 1. The Morgan fingerprint density at radius 2 is 2.11 bits per heavy atom. The quantitative estimate of drug-likeness (QED) is 0.748. The zero-order valence-corrected chi connectivity index (χ0v) is 10.9. The lowest BCUT2D eigenvalue weighted by atomic mass is 10.1. The number of unbranched alkanes of at least 4 members (excludes halogenated alkanes) is 3. The van der Waals surface area contributed by atoms with E-state index in [-0.39, 0.29) is 5.91 Å². The molecule has 3 N–H and O–H groups in total. The summed E-state index contributed by atoms with van der Waals surface area (Å²) in [6, 6.07) is 5.25. The van der Waals surface area contributed by atoms with Crippen molar-refractivity contribution in [2.24, 2.45) is 5.73 Å². The molecule has 0 aliphatic carbocycles. The molecule has 5 nitrogen and oxygen atoms in total. The summed E-state index contributed by atoms with van der Waals surface area (Å²) in [4.78, 5) is 15.9. The van der Waals surface area contributed by atoms with Gasteiger partial charge in [-0.1, -0.05) is 12.8 Å². The van der Waals surface area contributed by atoms with Crippen molar-refractivity contribution >= 4 is 17.0 Å². The van der Waals surface area contributed by atoms with Crippen LogP contribution in [0.2, 0.25) is 0 Å². The van der Waals surface area contributed by atoms with Gasteiger partial charge < -0.3 is 15.5 Å². The van der Waals surface area contributed by atoms with E-state index in [1.807, 2.05) is 0 Å². The highest BCUT2D eigenvalue weighted by Crippen LogP contribution is 2.14. The van der Waals surface area contributed by atoms with Crippen LogP contribution in [-0.4, -0.2) is 24.0 Å². The van der Waals surface area contributed by atoms with Gasteiger partial charge in [-0.15, -0.1) is 0 Å². The number of nitrogens with two attached hydrogens (primary N) is 1. The Balaban J connectivity index is 1.79. The molecule has 2 aromatic rings. The number of rotatable bonds is 7. The van der Waals surface area contributed by atoms with Gasteiger partial charge >= 0.3 is 0 Å². The number of hydrogen-bond donors (Lipinski definition) is 2. The van der Waals surface area contributed by atoms with Crippen molar-refractivity contribution in [2.75, 3.05) is 13.1 Å². The first-order valence-electron chi connectivity index (χ1n) is 6.63. The Morgan fingerprint density at radius 1 is 1.26 bits per heavy atom. The first-order chi connectivity index (χ1) is 9.31. The zero-order valence-electron chi connectivity index (χ0n) is 10.9. The highest BCUT2D eigenvalue weighted by Gasteiger charge is 2.07. The molecule has 102 valence electrons. The molecule has 0 saturated carbocycles. The number of aromatic nitrogens is 1. The smallest absolute Gasteiger partial charge is 0.251 e. The van der Waals surface area contributed by atoms with Gasteiger partial charge in [0.2, 0.25) is 0 Å². The second-order valence-electron chi connectivity index (χ2n) is 4.49. The number of amides is 1. The SMILES string of the molecule is NCCCCCCNC(=O)c1ccc2ocnc2c1. The minimum Gasteiger partial charge on any atom is -0.443 e. The van der Waals surface area contributed by atoms with Gasteiger partial charge in [0.15, 0.2) is 12.0 Å². The van der Waals surface area contributed by atoms with Crippen LogP contribution in [0.4, 0.5) is 0 Å². The Labute approximate surface area is 112 Å². The highest BCUT2D eigenvalue weighted by molar-refractivity contribution is 5.96. The second-order valence-corrected chi connectivity index (χ2v) is 4.49. The number of nitrogens with zero attached hydrogens (tertiary/aromatic N) is 1. The van der Waals surface area contributed by atoms with E-state index < -0.39 is 0 Å². The average Bonchev–Trinajstić information content (AvgIpc) is 2.89. The monoisotopic (exact) mass is 261 g/mol. The van der Waals surface area contributed by atoms with E-state index in [0.717, 1.165) is 32.2 Å². The Hall–Kier alpha value is -1.88. The van der Waals surface area contributed by atoms with Crippen molar-refractivity contribution in [3.63, 3.8) is 0 Å². The predicted molar refractivity (Wildman–Crippen MR) is 73.9 cm³/mol. The molecule has 2 rings (SSSR count). The lowest BCUT2D eigenvalue weighted by Crippen LogP contribution is -2.24. The van der Waals surface area contributed by atoms with Crippen LogP contribution in [0.3, 0.4) is 0 Å². The van der Waals surface area contributed by atoms with E-state index in [4.69, 9.17) is 10.2 Å². The van der Waals surface area contributed by atoms with Crippen molar-refractivity contribution in [1.82, 2.24) is 10.3 Å². The number of nitrogens with one attached hydrogen (secondary N) is 1. The zero-order chi connectivity index (χ0) is 13.5. The summed E-state index contributed by atoms with van der Waals surface area (Å²) in [6.45, 7) is 1.43. The molecule has 0 unspecified atom stereocenters. The molecule has 0 aliphatic heterocycles. The molecule has 1 amide bonds. The lowest BCUT2D eigenvalue weighted by molar-refractivity contribution is 0.0953. The lowest BCUT2D eigenvalue weighted by Gasteiger charge is -2.05. The van der Waals surface area contributed by atoms with Crippen LogP contribution in [0.5, 0.6) is 0 Å². The van der Waals surface area contributed by atoms with Gasteiger partial charge in [0.1, 0.15) is 5.52 Å². The first kappa shape index (κ1) is 13.5. The van der Waals surface area contributed by atoms with Gasteiger partial charge in [0, 0.05) is 12.1 Å². The summed E-state index contributed by atoms with van der Waals surface area (Å²) >= 11 is 0. The van der Waals surface area contributed by atoms with Crippen molar-refractivity contribution in [3.05, 3.63) is 30.2 Å². The Kier molecular flexibility index (Phi) is 4.92. The molecule has 0 spiro atoms. The summed E-state index contributed by atoms with van der Waals surface area (Å²) in [5.41, 5.74) is 7.43. The number of fused-ring (bicyclic) bond motifs is 1. The van der Waals surface area contributed by atoms with Crippen molar-refractivity contribution < 1.29 is 9.21 Å². The van der Waals surface area contributed by atoms with Crippen LogP contribution >= 0.6 is 0 Å². The summed E-state index contributed by atoms with van der Waals surface area (Å²) in [6.07, 6.45) is 5.63. The minimum absolute atomic E-state index is 0.0660. The molecular weight excluding hydrogens is 242 g/mol. The van der Waals surface area contributed by atoms with E-state index in [1.54, 1.807) is 18.2 Å². The predicted octanol–water partition coefficient (Wildman–Crippen LogP) is 2.08. The maximum Gasteiger partial charge on any atom is 0.251 e. The minimum atomic E-state index is -0.0660. The molecule has 5 heteroatoms. The maximum atomic E-state index is 11.9. The largest absolute Gasteiger partial charge is 0.443 e. The number of hydrogen-bond acceptors (Lipinski definition) is 4. The third-order valence-electron chi connectivity index (χ3n) is 3.01. The third kappa shape index (κ3) is 3.79. The number of benzene rings is 1. The molecule has 0 radical (unpaired) electrons. The standard InChI is InChI=1S/C14H19N3O2/c15-7-3-1-2-4-8-16-14(18)11-5-6-13-12(9-11)17-10-19-13/h5-6,9-10H,1-4,7-8,15H2,(H,16,18). The molecule has 0 aliphatic rings. The molecule has 19 heavy (non-hydrogen) atoms. The van der Waals surface area contributed by atoms with Gasteiger partial charge in [-0.3, -0.25) is 4.79 Å². The average molecular weight is 261 g/mol. The van der Waals surface area contributed by atoms with Crippen molar-refractivity contribution in [2.45, 2.75) is 25.7 Å². The van der Waals surface area contributed by atoms with E-state index in [9.17, 15) is 4.79 Å². The molecule has 1 aromatic heterocycles. The summed E-state index contributed by atoms with van der Waals surface area (Å²) < 4.78 is 5.14. The molecule has 0 atom stereocenters. The molecule has 0 bridgehead atoms. The van der Waals surface area contributed by atoms with Crippen LogP contribution in [0, 0.1) is 0 Å². The van der Waals surface area contributed by atoms with Gasteiger partial charge in [0.05, 0.1) is 0 Å². The Morgan fingerprint density at radius 3 is 2.95 bits per heavy atom. The molecule has 1 heterocycles. The van der Waals surface area contributed by atoms with Crippen LogP contribution in [0.25, 0.3) is 11.1 Å². The third-order valence-corrected chi connectivity index (χ3v) is 3.01. The normalized spacial score (nSPS) is 10.8. The van der Waals surface area contributed by atoms with E-state index in [1.165, 1.54) is 6.39 Å². The second kappa shape index (κ2) is 6.89. The van der Waals surface area contributed by atoms with E-state index in [0.29, 0.717) is 23.2 Å². The fraction of sp³-hybridized carbons (Fsp3) is 0.429. The summed E-state index contributed by atoms with van der Waals surface area (Å²) in [7, 11) is 0. The molecule has 0 saturated heterocycles.